The van der Waals surface area contributed by atoms with E-state index in [-0.39, 0.29) is 0 Å². The molecule has 19 heavy (non-hydrogen) atoms. The van der Waals surface area contributed by atoms with E-state index in [4.69, 9.17) is 4.52 Å². The van der Waals surface area contributed by atoms with E-state index in [1.165, 1.54) is 16.5 Å². The third-order valence-electron chi connectivity index (χ3n) is 3.23. The minimum Gasteiger partial charge on any atom is -0.361 e. The first-order valence-electron chi connectivity index (χ1n) is 6.38. The van der Waals surface area contributed by atoms with Gasteiger partial charge in [-0.25, -0.2) is 0 Å². The first-order chi connectivity index (χ1) is 9.22. The fourth-order valence-electron chi connectivity index (χ4n) is 2.40. The zero-order valence-electron chi connectivity index (χ0n) is 11.2. The molecule has 0 saturated heterocycles. The maximum Gasteiger partial charge on any atom is 0.133 e. The number of nitrogens with zero attached hydrogens (tertiary/aromatic N) is 2. The van der Waals surface area contributed by atoms with Gasteiger partial charge in [0.1, 0.15) is 5.76 Å². The van der Waals surface area contributed by atoms with Gasteiger partial charge in [0.05, 0.1) is 5.69 Å². The number of fused-ring (bicyclic) bond motifs is 1. The van der Waals surface area contributed by atoms with Gasteiger partial charge < -0.3 is 9.51 Å². The van der Waals surface area contributed by atoms with Crippen LogP contribution in [0.15, 0.2) is 41.1 Å². The number of nitrogens with one attached hydrogen (secondary N) is 1. The van der Waals surface area contributed by atoms with Gasteiger partial charge in [0.2, 0.25) is 0 Å². The molecule has 0 radical (unpaired) electrons. The molecule has 98 valence electrons. The minimum absolute atomic E-state index is 0.790. The standard InChI is InChI=1S/C15H17N3O/c1-11-8-13(17-19-11)10-18(2)9-12-4-3-5-15-14(12)6-7-16-15/h3-8,16H,9-10H2,1-2H3. The first-order valence-corrected chi connectivity index (χ1v) is 6.38. The SMILES string of the molecule is Cc1cc(CN(C)Cc2cccc3[nH]ccc23)no1. The molecule has 0 spiro atoms. The van der Waals surface area contributed by atoms with Crippen LogP contribution in [0.3, 0.4) is 0 Å². The second kappa shape index (κ2) is 4.90. The van der Waals surface area contributed by atoms with Crippen molar-refractivity contribution in [2.24, 2.45) is 0 Å². The summed E-state index contributed by atoms with van der Waals surface area (Å²) in [5.74, 6) is 0.858. The number of aromatic nitrogens is 2. The summed E-state index contributed by atoms with van der Waals surface area (Å²) in [5.41, 5.74) is 3.48. The third-order valence-corrected chi connectivity index (χ3v) is 3.23. The molecule has 0 amide bonds. The summed E-state index contributed by atoms with van der Waals surface area (Å²) in [6.07, 6.45) is 1.98. The average Bonchev–Trinajstić information content (AvgIpc) is 2.98. The van der Waals surface area contributed by atoms with Crippen LogP contribution in [0.4, 0.5) is 0 Å². The summed E-state index contributed by atoms with van der Waals surface area (Å²) in [6, 6.07) is 10.5. The molecule has 0 bridgehead atoms. The predicted octanol–water partition coefficient (Wildman–Crippen LogP) is 3.10. The van der Waals surface area contributed by atoms with E-state index in [2.05, 4.69) is 46.4 Å². The van der Waals surface area contributed by atoms with Crippen LogP contribution in [0.1, 0.15) is 17.0 Å². The van der Waals surface area contributed by atoms with Crippen LogP contribution >= 0.6 is 0 Å². The molecule has 0 saturated carbocycles. The Hall–Kier alpha value is -2.07. The molecular formula is C15H17N3O. The number of aryl methyl sites for hydroxylation is 1. The van der Waals surface area contributed by atoms with Crippen molar-refractivity contribution in [1.29, 1.82) is 0 Å². The molecule has 0 aliphatic rings. The number of H-pyrrole nitrogens is 1. The van der Waals surface area contributed by atoms with Crippen molar-refractivity contribution in [1.82, 2.24) is 15.0 Å². The molecule has 0 fully saturated rings. The molecule has 2 heterocycles. The van der Waals surface area contributed by atoms with Crippen LogP contribution in [0.2, 0.25) is 0 Å². The molecule has 2 aromatic heterocycles. The van der Waals surface area contributed by atoms with E-state index >= 15 is 0 Å². The van der Waals surface area contributed by atoms with Gasteiger partial charge >= 0.3 is 0 Å². The largest absolute Gasteiger partial charge is 0.361 e. The molecule has 0 aliphatic heterocycles. The van der Waals surface area contributed by atoms with Crippen LogP contribution in [0.5, 0.6) is 0 Å². The molecule has 0 atom stereocenters. The Morgan fingerprint density at radius 3 is 2.95 bits per heavy atom. The summed E-state index contributed by atoms with van der Waals surface area (Å²) in [4.78, 5) is 5.48. The maximum absolute atomic E-state index is 5.09. The minimum atomic E-state index is 0.790. The van der Waals surface area contributed by atoms with Gasteiger partial charge in [0.15, 0.2) is 0 Å². The molecule has 1 N–H and O–H groups in total. The van der Waals surface area contributed by atoms with Crippen molar-refractivity contribution >= 4 is 10.9 Å². The monoisotopic (exact) mass is 255 g/mol. The maximum atomic E-state index is 5.09. The fraction of sp³-hybridized carbons (Fsp3) is 0.267. The second-order valence-electron chi connectivity index (χ2n) is 4.96. The van der Waals surface area contributed by atoms with Gasteiger partial charge in [-0.15, -0.1) is 0 Å². The van der Waals surface area contributed by atoms with Crippen molar-refractivity contribution < 1.29 is 4.52 Å². The lowest BCUT2D eigenvalue weighted by atomic mass is 10.1. The number of benzene rings is 1. The molecule has 3 rings (SSSR count). The van der Waals surface area contributed by atoms with Gasteiger partial charge in [-0.2, -0.15) is 0 Å². The number of hydrogen-bond acceptors (Lipinski definition) is 3. The smallest absolute Gasteiger partial charge is 0.133 e. The Bertz CT molecular complexity index is 683. The molecular weight excluding hydrogens is 238 g/mol. The Balaban J connectivity index is 1.75. The van der Waals surface area contributed by atoms with E-state index in [0.29, 0.717) is 0 Å². The summed E-state index contributed by atoms with van der Waals surface area (Å²) in [7, 11) is 2.09. The predicted molar refractivity (Wildman–Crippen MR) is 74.7 cm³/mol. The van der Waals surface area contributed by atoms with Crippen molar-refractivity contribution in [2.45, 2.75) is 20.0 Å². The Morgan fingerprint density at radius 1 is 1.26 bits per heavy atom. The van der Waals surface area contributed by atoms with E-state index in [1.807, 2.05) is 19.2 Å². The van der Waals surface area contributed by atoms with Gasteiger partial charge in [-0.05, 0) is 31.7 Å². The molecule has 4 nitrogen and oxygen atoms in total. The second-order valence-corrected chi connectivity index (χ2v) is 4.96. The number of hydrogen-bond donors (Lipinski definition) is 1. The van der Waals surface area contributed by atoms with Crippen LogP contribution in [0.25, 0.3) is 10.9 Å². The van der Waals surface area contributed by atoms with Crippen molar-refractivity contribution in [2.75, 3.05) is 7.05 Å². The number of aromatic amines is 1. The van der Waals surface area contributed by atoms with E-state index < -0.39 is 0 Å². The van der Waals surface area contributed by atoms with Crippen molar-refractivity contribution in [3.8, 4) is 0 Å². The van der Waals surface area contributed by atoms with Gasteiger partial charge in [0.25, 0.3) is 0 Å². The van der Waals surface area contributed by atoms with E-state index in [9.17, 15) is 0 Å². The van der Waals surface area contributed by atoms with Crippen molar-refractivity contribution in [3.05, 3.63) is 53.5 Å². The Labute approximate surface area is 112 Å². The average molecular weight is 255 g/mol. The lowest BCUT2D eigenvalue weighted by molar-refractivity contribution is 0.303. The Kier molecular flexibility index (Phi) is 3.09. The normalized spacial score (nSPS) is 11.5. The van der Waals surface area contributed by atoms with Crippen LogP contribution in [0, 0.1) is 6.92 Å². The fourth-order valence-corrected chi connectivity index (χ4v) is 2.40. The summed E-state index contributed by atoms with van der Waals surface area (Å²) in [5, 5.41) is 5.31. The topological polar surface area (TPSA) is 45.1 Å². The molecule has 1 aromatic carbocycles. The molecule has 0 unspecified atom stereocenters. The highest BCUT2D eigenvalue weighted by Crippen LogP contribution is 2.19. The summed E-state index contributed by atoms with van der Waals surface area (Å²) in [6.45, 7) is 3.59. The number of rotatable bonds is 4. The summed E-state index contributed by atoms with van der Waals surface area (Å²) < 4.78 is 5.09. The van der Waals surface area contributed by atoms with Gasteiger partial charge in [-0.1, -0.05) is 17.3 Å². The van der Waals surface area contributed by atoms with Gasteiger partial charge in [-0.3, -0.25) is 4.90 Å². The van der Waals surface area contributed by atoms with Gasteiger partial charge in [0, 0.05) is 36.3 Å². The van der Waals surface area contributed by atoms with E-state index in [0.717, 1.165) is 24.5 Å². The van der Waals surface area contributed by atoms with Crippen LogP contribution in [-0.4, -0.2) is 22.1 Å². The van der Waals surface area contributed by atoms with Crippen molar-refractivity contribution in [3.63, 3.8) is 0 Å². The lowest BCUT2D eigenvalue weighted by Gasteiger charge is -2.15. The molecule has 4 heteroatoms. The quantitative estimate of drug-likeness (QED) is 0.779. The highest BCUT2D eigenvalue weighted by molar-refractivity contribution is 5.82. The van der Waals surface area contributed by atoms with E-state index in [1.54, 1.807) is 0 Å². The zero-order chi connectivity index (χ0) is 13.2. The summed E-state index contributed by atoms with van der Waals surface area (Å²) >= 11 is 0. The first kappa shape index (κ1) is 12.0. The highest BCUT2D eigenvalue weighted by atomic mass is 16.5. The highest BCUT2D eigenvalue weighted by Gasteiger charge is 2.08. The zero-order valence-corrected chi connectivity index (χ0v) is 11.2. The molecule has 0 aliphatic carbocycles. The van der Waals surface area contributed by atoms with Crippen LogP contribution < -0.4 is 0 Å². The molecule has 3 aromatic rings. The third kappa shape index (κ3) is 2.53. The Morgan fingerprint density at radius 2 is 2.16 bits per heavy atom. The lowest BCUT2D eigenvalue weighted by Crippen LogP contribution is -2.17. The van der Waals surface area contributed by atoms with Crippen LogP contribution in [-0.2, 0) is 13.1 Å².